The number of ketones is 1. The summed E-state index contributed by atoms with van der Waals surface area (Å²) in [4.78, 5) is 12.6. The van der Waals surface area contributed by atoms with E-state index in [1.165, 1.54) is 11.3 Å². The number of halogens is 2. The maximum Gasteiger partial charge on any atom is 0.203 e. The summed E-state index contributed by atoms with van der Waals surface area (Å²) in [6.45, 7) is 0. The molecular weight excluding hydrogens is 265 g/mol. The fourth-order valence-electron chi connectivity index (χ4n) is 1.26. The van der Waals surface area contributed by atoms with E-state index in [0.29, 0.717) is 25.5 Å². The van der Waals surface area contributed by atoms with Crippen molar-refractivity contribution < 1.29 is 4.79 Å². The zero-order valence-corrected chi connectivity index (χ0v) is 10.4. The first-order valence-corrected chi connectivity index (χ1v) is 6.00. The van der Waals surface area contributed by atoms with Gasteiger partial charge < -0.3 is 5.73 Å². The number of benzene rings is 1. The van der Waals surface area contributed by atoms with E-state index >= 15 is 0 Å². The van der Waals surface area contributed by atoms with Crippen LogP contribution in [0.15, 0.2) is 30.3 Å². The second-order valence-corrected chi connectivity index (χ2v) is 5.29. The van der Waals surface area contributed by atoms with E-state index in [4.69, 9.17) is 28.9 Å². The topological polar surface area (TPSA) is 43.1 Å². The summed E-state index contributed by atoms with van der Waals surface area (Å²) in [5, 5.41) is 0.445. The van der Waals surface area contributed by atoms with Gasteiger partial charge in [0.15, 0.2) is 0 Å². The van der Waals surface area contributed by atoms with Crippen LogP contribution in [0, 0.1) is 0 Å². The van der Waals surface area contributed by atoms with Crippen molar-refractivity contribution >= 4 is 46.0 Å². The highest BCUT2D eigenvalue weighted by Gasteiger charge is 2.12. The SMILES string of the molecule is Nc1cc(C(=O)c2ccc(Cl)s2)ccc1Cl. The van der Waals surface area contributed by atoms with Gasteiger partial charge in [0.05, 0.1) is 19.9 Å². The average molecular weight is 272 g/mol. The van der Waals surface area contributed by atoms with Gasteiger partial charge >= 0.3 is 0 Å². The lowest BCUT2D eigenvalue weighted by Crippen LogP contribution is -1.99. The monoisotopic (exact) mass is 271 g/mol. The third-order valence-electron chi connectivity index (χ3n) is 2.06. The fraction of sp³-hybridized carbons (Fsp3) is 0. The first-order chi connectivity index (χ1) is 7.58. The summed E-state index contributed by atoms with van der Waals surface area (Å²) in [7, 11) is 0. The van der Waals surface area contributed by atoms with Crippen LogP contribution in [0.25, 0.3) is 0 Å². The minimum absolute atomic E-state index is 0.0970. The van der Waals surface area contributed by atoms with Gasteiger partial charge in [0.25, 0.3) is 0 Å². The van der Waals surface area contributed by atoms with E-state index in [0.717, 1.165) is 0 Å². The van der Waals surface area contributed by atoms with Crippen LogP contribution in [0.2, 0.25) is 9.36 Å². The number of nitrogen functional groups attached to an aromatic ring is 1. The van der Waals surface area contributed by atoms with Gasteiger partial charge in [0, 0.05) is 5.56 Å². The Morgan fingerprint density at radius 3 is 2.50 bits per heavy atom. The Kier molecular flexibility index (Phi) is 3.19. The predicted octanol–water partition coefficient (Wildman–Crippen LogP) is 3.87. The minimum atomic E-state index is -0.0970. The summed E-state index contributed by atoms with van der Waals surface area (Å²) < 4.78 is 0.588. The lowest BCUT2D eigenvalue weighted by atomic mass is 10.1. The molecule has 0 aliphatic heterocycles. The Morgan fingerprint density at radius 2 is 1.94 bits per heavy atom. The second-order valence-electron chi connectivity index (χ2n) is 3.17. The Morgan fingerprint density at radius 1 is 1.19 bits per heavy atom. The van der Waals surface area contributed by atoms with Gasteiger partial charge in [-0.3, -0.25) is 4.79 Å². The molecule has 5 heteroatoms. The quantitative estimate of drug-likeness (QED) is 0.666. The summed E-state index contributed by atoms with van der Waals surface area (Å²) in [6.07, 6.45) is 0. The average Bonchev–Trinajstić information content (AvgIpc) is 2.68. The van der Waals surface area contributed by atoms with E-state index in [1.807, 2.05) is 0 Å². The van der Waals surface area contributed by atoms with E-state index in [-0.39, 0.29) is 5.78 Å². The number of hydrogen-bond acceptors (Lipinski definition) is 3. The number of hydrogen-bond donors (Lipinski definition) is 1. The molecule has 0 bridgehead atoms. The van der Waals surface area contributed by atoms with Crippen LogP contribution in [0.5, 0.6) is 0 Å². The first kappa shape index (κ1) is 11.5. The Hall–Kier alpha value is -1.03. The zero-order chi connectivity index (χ0) is 11.7. The Labute approximate surface area is 107 Å². The summed E-state index contributed by atoms with van der Waals surface area (Å²) in [5.74, 6) is -0.0970. The fourth-order valence-corrected chi connectivity index (χ4v) is 2.39. The van der Waals surface area contributed by atoms with Crippen LogP contribution in [-0.4, -0.2) is 5.78 Å². The maximum absolute atomic E-state index is 12.0. The number of carbonyl (C=O) groups excluding carboxylic acids is 1. The van der Waals surface area contributed by atoms with Gasteiger partial charge in [-0.15, -0.1) is 11.3 Å². The molecule has 0 saturated carbocycles. The lowest BCUT2D eigenvalue weighted by Gasteiger charge is -2.01. The Bertz CT molecular complexity index is 551. The van der Waals surface area contributed by atoms with E-state index < -0.39 is 0 Å². The van der Waals surface area contributed by atoms with Crippen molar-refractivity contribution in [3.05, 3.63) is 50.1 Å². The first-order valence-electron chi connectivity index (χ1n) is 4.43. The highest BCUT2D eigenvalue weighted by atomic mass is 35.5. The molecule has 1 aromatic heterocycles. The maximum atomic E-state index is 12.0. The Balaban J connectivity index is 2.38. The van der Waals surface area contributed by atoms with E-state index in [9.17, 15) is 4.79 Å². The molecule has 0 amide bonds. The summed E-state index contributed by atoms with van der Waals surface area (Å²) in [6, 6.07) is 8.21. The molecule has 2 aromatic rings. The number of anilines is 1. The summed E-state index contributed by atoms with van der Waals surface area (Å²) >= 11 is 12.8. The van der Waals surface area contributed by atoms with Crippen LogP contribution in [0.3, 0.4) is 0 Å². The normalized spacial score (nSPS) is 10.4. The van der Waals surface area contributed by atoms with Gasteiger partial charge in [-0.05, 0) is 30.3 Å². The third kappa shape index (κ3) is 2.21. The molecule has 0 unspecified atom stereocenters. The van der Waals surface area contributed by atoms with Crippen molar-refractivity contribution in [2.75, 3.05) is 5.73 Å². The number of carbonyl (C=O) groups is 1. The molecule has 0 saturated heterocycles. The van der Waals surface area contributed by atoms with E-state index in [2.05, 4.69) is 0 Å². The molecule has 0 atom stereocenters. The molecule has 0 aliphatic rings. The summed E-state index contributed by atoms with van der Waals surface area (Å²) in [5.41, 5.74) is 6.55. The van der Waals surface area contributed by atoms with Crippen LogP contribution in [-0.2, 0) is 0 Å². The molecule has 0 aliphatic carbocycles. The van der Waals surface area contributed by atoms with Gasteiger partial charge in [0.2, 0.25) is 5.78 Å². The molecule has 2 N–H and O–H groups in total. The van der Waals surface area contributed by atoms with Crippen LogP contribution in [0.1, 0.15) is 15.2 Å². The zero-order valence-electron chi connectivity index (χ0n) is 8.04. The van der Waals surface area contributed by atoms with Crippen molar-refractivity contribution in [3.8, 4) is 0 Å². The van der Waals surface area contributed by atoms with Crippen molar-refractivity contribution in [2.24, 2.45) is 0 Å². The second kappa shape index (κ2) is 4.45. The van der Waals surface area contributed by atoms with Crippen LogP contribution < -0.4 is 5.73 Å². The van der Waals surface area contributed by atoms with Crippen molar-refractivity contribution in [1.29, 1.82) is 0 Å². The highest BCUT2D eigenvalue weighted by Crippen LogP contribution is 2.26. The molecule has 1 heterocycles. The number of thiophene rings is 1. The van der Waals surface area contributed by atoms with Gasteiger partial charge in [-0.1, -0.05) is 23.2 Å². The van der Waals surface area contributed by atoms with E-state index in [1.54, 1.807) is 30.3 Å². The van der Waals surface area contributed by atoms with Crippen molar-refractivity contribution in [2.45, 2.75) is 0 Å². The largest absolute Gasteiger partial charge is 0.398 e. The molecule has 2 nitrogen and oxygen atoms in total. The standard InChI is InChI=1S/C11H7Cl2NOS/c12-7-2-1-6(5-8(7)14)11(15)9-3-4-10(13)16-9/h1-5H,14H2. The van der Waals surface area contributed by atoms with Crippen LogP contribution in [0.4, 0.5) is 5.69 Å². The van der Waals surface area contributed by atoms with Crippen LogP contribution >= 0.6 is 34.5 Å². The molecule has 0 radical (unpaired) electrons. The van der Waals surface area contributed by atoms with Gasteiger partial charge in [-0.25, -0.2) is 0 Å². The van der Waals surface area contributed by atoms with Gasteiger partial charge in [0.1, 0.15) is 0 Å². The molecule has 0 fully saturated rings. The molecular formula is C11H7Cl2NOS. The lowest BCUT2D eigenvalue weighted by molar-refractivity contribution is 0.104. The smallest absolute Gasteiger partial charge is 0.203 e. The van der Waals surface area contributed by atoms with Crippen molar-refractivity contribution in [3.63, 3.8) is 0 Å². The number of rotatable bonds is 2. The van der Waals surface area contributed by atoms with Gasteiger partial charge in [-0.2, -0.15) is 0 Å². The predicted molar refractivity (Wildman–Crippen MR) is 68.6 cm³/mol. The number of nitrogens with two attached hydrogens (primary N) is 1. The molecule has 2 rings (SSSR count). The molecule has 1 aromatic carbocycles. The third-order valence-corrected chi connectivity index (χ3v) is 3.63. The minimum Gasteiger partial charge on any atom is -0.398 e. The highest BCUT2D eigenvalue weighted by molar-refractivity contribution is 7.18. The molecule has 0 spiro atoms. The molecule has 82 valence electrons. The molecule has 16 heavy (non-hydrogen) atoms. The van der Waals surface area contributed by atoms with Crippen molar-refractivity contribution in [1.82, 2.24) is 0 Å².